The van der Waals surface area contributed by atoms with Crippen LogP contribution in [0.4, 0.5) is 0 Å². The summed E-state index contributed by atoms with van der Waals surface area (Å²) in [5, 5.41) is 0. The maximum atomic E-state index is 5.67. The third kappa shape index (κ3) is 1.11. The summed E-state index contributed by atoms with van der Waals surface area (Å²) in [6.45, 7) is 0. The van der Waals surface area contributed by atoms with Crippen molar-refractivity contribution in [1.82, 2.24) is 0 Å². The Morgan fingerprint density at radius 2 is 2.36 bits per heavy atom. The van der Waals surface area contributed by atoms with Crippen LogP contribution in [-0.2, 0) is 0 Å². The zero-order valence-corrected chi connectivity index (χ0v) is 6.20. The number of aliphatic imine (C=N–C) groups is 1. The molecule has 0 spiro atoms. The molecule has 1 aliphatic carbocycles. The Kier molecular flexibility index (Phi) is 1.39. The molecule has 0 fully saturated rings. The van der Waals surface area contributed by atoms with Gasteiger partial charge in [0.2, 0.25) is 0 Å². The average molecular weight is 146 g/mol. The van der Waals surface area contributed by atoms with Crippen LogP contribution >= 0.6 is 0 Å². The zero-order valence-electron chi connectivity index (χ0n) is 6.20. The predicted octanol–water partition coefficient (Wildman–Crippen LogP) is 1.37. The van der Waals surface area contributed by atoms with Gasteiger partial charge in [0.05, 0.1) is 0 Å². The van der Waals surface area contributed by atoms with Gasteiger partial charge in [0.1, 0.15) is 0 Å². The molecule has 1 atom stereocenters. The first kappa shape index (κ1) is 6.40. The lowest BCUT2D eigenvalue weighted by atomic mass is 9.93. The molecule has 0 saturated heterocycles. The molecular formula is C9H10N2. The minimum atomic E-state index is 0.421. The van der Waals surface area contributed by atoms with Crippen molar-refractivity contribution in [3.63, 3.8) is 0 Å². The third-order valence-corrected chi connectivity index (χ3v) is 1.96. The first-order valence-electron chi connectivity index (χ1n) is 3.73. The summed E-state index contributed by atoms with van der Waals surface area (Å²) in [6.07, 6.45) is 10.8. The van der Waals surface area contributed by atoms with Gasteiger partial charge in [-0.1, -0.05) is 6.08 Å². The SMILES string of the molecule is NC1=CC=C2N=CC=C[C@H]2C1. The van der Waals surface area contributed by atoms with Crippen molar-refractivity contribution in [1.29, 1.82) is 0 Å². The highest BCUT2D eigenvalue weighted by atomic mass is 14.8. The van der Waals surface area contributed by atoms with E-state index in [1.807, 2.05) is 24.4 Å². The smallest absolute Gasteiger partial charge is 0.0476 e. The van der Waals surface area contributed by atoms with Crippen LogP contribution in [0.2, 0.25) is 0 Å². The molecule has 2 rings (SSSR count). The fourth-order valence-electron chi connectivity index (χ4n) is 1.36. The van der Waals surface area contributed by atoms with Crippen molar-refractivity contribution >= 4 is 6.21 Å². The van der Waals surface area contributed by atoms with Crippen LogP contribution in [0.1, 0.15) is 6.42 Å². The molecule has 56 valence electrons. The summed E-state index contributed by atoms with van der Waals surface area (Å²) in [6, 6.07) is 0. The van der Waals surface area contributed by atoms with E-state index in [9.17, 15) is 0 Å². The number of nitrogens with two attached hydrogens (primary N) is 1. The molecule has 0 bridgehead atoms. The Bertz CT molecular complexity index is 282. The van der Waals surface area contributed by atoms with E-state index in [-0.39, 0.29) is 0 Å². The molecule has 11 heavy (non-hydrogen) atoms. The molecule has 0 radical (unpaired) electrons. The first-order valence-corrected chi connectivity index (χ1v) is 3.73. The standard InChI is InChI=1S/C9H10N2/c10-8-3-4-9-7(6-8)2-1-5-11-9/h1-5,7H,6,10H2/t7-/m0/s1. The maximum absolute atomic E-state index is 5.67. The van der Waals surface area contributed by atoms with E-state index in [2.05, 4.69) is 11.1 Å². The van der Waals surface area contributed by atoms with E-state index in [1.165, 1.54) is 0 Å². The molecule has 2 nitrogen and oxygen atoms in total. The van der Waals surface area contributed by atoms with E-state index in [1.54, 1.807) is 0 Å². The first-order chi connectivity index (χ1) is 5.36. The minimum Gasteiger partial charge on any atom is -0.402 e. The molecular weight excluding hydrogens is 136 g/mol. The fourth-order valence-corrected chi connectivity index (χ4v) is 1.36. The Hall–Kier alpha value is -1.31. The molecule has 0 unspecified atom stereocenters. The topological polar surface area (TPSA) is 38.4 Å². The molecule has 1 aliphatic heterocycles. The van der Waals surface area contributed by atoms with Gasteiger partial charge in [-0.25, -0.2) is 0 Å². The van der Waals surface area contributed by atoms with Crippen molar-refractivity contribution < 1.29 is 0 Å². The predicted molar refractivity (Wildman–Crippen MR) is 46.1 cm³/mol. The van der Waals surface area contributed by atoms with Gasteiger partial charge in [-0.3, -0.25) is 4.99 Å². The summed E-state index contributed by atoms with van der Waals surface area (Å²) in [5.41, 5.74) is 7.74. The van der Waals surface area contributed by atoms with Gasteiger partial charge in [-0.2, -0.15) is 0 Å². The van der Waals surface area contributed by atoms with Crippen LogP contribution in [0.15, 0.2) is 40.7 Å². The van der Waals surface area contributed by atoms with E-state index in [0.29, 0.717) is 5.92 Å². The maximum Gasteiger partial charge on any atom is 0.0476 e. The van der Waals surface area contributed by atoms with Crippen molar-refractivity contribution in [2.75, 3.05) is 0 Å². The van der Waals surface area contributed by atoms with Crippen molar-refractivity contribution in [3.05, 3.63) is 35.7 Å². The second kappa shape index (κ2) is 2.38. The van der Waals surface area contributed by atoms with Gasteiger partial charge in [0, 0.05) is 23.5 Å². The van der Waals surface area contributed by atoms with Crippen LogP contribution in [-0.4, -0.2) is 6.21 Å². The lowest BCUT2D eigenvalue weighted by Gasteiger charge is -2.18. The number of rotatable bonds is 0. The summed E-state index contributed by atoms with van der Waals surface area (Å²) >= 11 is 0. The number of dihydropyridines is 1. The number of nitrogens with zero attached hydrogens (tertiary/aromatic N) is 1. The van der Waals surface area contributed by atoms with Gasteiger partial charge < -0.3 is 5.73 Å². The second-order valence-electron chi connectivity index (χ2n) is 2.81. The number of fused-ring (bicyclic) bond motifs is 1. The Morgan fingerprint density at radius 3 is 3.27 bits per heavy atom. The highest BCUT2D eigenvalue weighted by molar-refractivity contribution is 5.74. The average Bonchev–Trinajstić information content (AvgIpc) is 2.04. The van der Waals surface area contributed by atoms with Crippen LogP contribution in [0.3, 0.4) is 0 Å². The van der Waals surface area contributed by atoms with Crippen LogP contribution in [0, 0.1) is 5.92 Å². The van der Waals surface area contributed by atoms with E-state index < -0.39 is 0 Å². The van der Waals surface area contributed by atoms with Gasteiger partial charge in [-0.15, -0.1) is 0 Å². The van der Waals surface area contributed by atoms with Crippen molar-refractivity contribution in [2.45, 2.75) is 6.42 Å². The normalized spacial score (nSPS) is 27.5. The molecule has 0 aromatic heterocycles. The molecule has 2 aliphatic rings. The Balaban J connectivity index is 2.33. The molecule has 0 amide bonds. The van der Waals surface area contributed by atoms with Gasteiger partial charge >= 0.3 is 0 Å². The largest absolute Gasteiger partial charge is 0.402 e. The molecule has 1 heterocycles. The number of allylic oxidation sites excluding steroid dienone is 5. The zero-order chi connectivity index (χ0) is 7.68. The monoisotopic (exact) mass is 146 g/mol. The Morgan fingerprint density at radius 1 is 1.45 bits per heavy atom. The third-order valence-electron chi connectivity index (χ3n) is 1.96. The number of hydrogen-bond acceptors (Lipinski definition) is 2. The summed E-state index contributed by atoms with van der Waals surface area (Å²) in [5.74, 6) is 0.421. The lowest BCUT2D eigenvalue weighted by Crippen LogP contribution is -2.12. The fraction of sp³-hybridized carbons (Fsp3) is 0.222. The highest BCUT2D eigenvalue weighted by Crippen LogP contribution is 2.26. The van der Waals surface area contributed by atoms with E-state index in [4.69, 9.17) is 5.73 Å². The Labute approximate surface area is 65.8 Å². The molecule has 2 N–H and O–H groups in total. The molecule has 0 aromatic carbocycles. The van der Waals surface area contributed by atoms with Gasteiger partial charge in [-0.05, 0) is 24.6 Å². The van der Waals surface area contributed by atoms with E-state index >= 15 is 0 Å². The molecule has 2 heteroatoms. The van der Waals surface area contributed by atoms with E-state index in [0.717, 1.165) is 17.8 Å². The lowest BCUT2D eigenvalue weighted by molar-refractivity contribution is 0.715. The van der Waals surface area contributed by atoms with Crippen molar-refractivity contribution in [3.8, 4) is 0 Å². The van der Waals surface area contributed by atoms with Crippen LogP contribution < -0.4 is 5.73 Å². The van der Waals surface area contributed by atoms with Crippen molar-refractivity contribution in [2.24, 2.45) is 16.6 Å². The van der Waals surface area contributed by atoms with Crippen LogP contribution in [0.25, 0.3) is 0 Å². The minimum absolute atomic E-state index is 0.421. The van der Waals surface area contributed by atoms with Gasteiger partial charge in [0.15, 0.2) is 0 Å². The van der Waals surface area contributed by atoms with Crippen LogP contribution in [0.5, 0.6) is 0 Å². The summed E-state index contributed by atoms with van der Waals surface area (Å²) < 4.78 is 0. The second-order valence-corrected chi connectivity index (χ2v) is 2.81. The molecule has 0 aromatic rings. The number of hydrogen-bond donors (Lipinski definition) is 1. The summed E-state index contributed by atoms with van der Waals surface area (Å²) in [4.78, 5) is 4.24. The van der Waals surface area contributed by atoms with Gasteiger partial charge in [0.25, 0.3) is 0 Å². The molecule has 0 saturated carbocycles. The summed E-state index contributed by atoms with van der Waals surface area (Å²) in [7, 11) is 0. The quantitative estimate of drug-likeness (QED) is 0.550. The highest BCUT2D eigenvalue weighted by Gasteiger charge is 2.15.